The number of aryl methyl sites for hydroxylation is 2. The van der Waals surface area contributed by atoms with E-state index in [4.69, 9.17) is 14.0 Å². The fourth-order valence-electron chi connectivity index (χ4n) is 2.77. The van der Waals surface area contributed by atoms with Crippen molar-refractivity contribution >= 4 is 5.91 Å². The van der Waals surface area contributed by atoms with Crippen molar-refractivity contribution < 1.29 is 18.8 Å². The lowest BCUT2D eigenvalue weighted by atomic mass is 10.1. The van der Waals surface area contributed by atoms with E-state index in [1.807, 2.05) is 13.8 Å². The third-order valence-electron chi connectivity index (χ3n) is 4.26. The highest BCUT2D eigenvalue weighted by Gasteiger charge is 2.29. The van der Waals surface area contributed by atoms with Gasteiger partial charge < -0.3 is 24.3 Å². The zero-order valence-corrected chi connectivity index (χ0v) is 14.2. The van der Waals surface area contributed by atoms with Crippen LogP contribution in [0.25, 0.3) is 0 Å². The van der Waals surface area contributed by atoms with Gasteiger partial charge in [-0.3, -0.25) is 9.59 Å². The van der Waals surface area contributed by atoms with Gasteiger partial charge in [-0.05, 0) is 26.3 Å². The molecule has 3 heterocycles. The van der Waals surface area contributed by atoms with Crippen LogP contribution in [0.1, 0.15) is 33.9 Å². The number of amides is 1. The predicted molar refractivity (Wildman–Crippen MR) is 88.3 cm³/mol. The number of carbonyl (C=O) groups is 1. The molecule has 1 fully saturated rings. The minimum atomic E-state index is -0.337. The monoisotopic (exact) mass is 347 g/mol. The van der Waals surface area contributed by atoms with E-state index >= 15 is 0 Å². The predicted octanol–water partition coefficient (Wildman–Crippen LogP) is 1.08. The molecule has 2 aromatic heterocycles. The molecule has 8 heteroatoms. The largest absolute Gasteiger partial charge is 0.379 e. The van der Waals surface area contributed by atoms with E-state index in [-0.39, 0.29) is 29.3 Å². The van der Waals surface area contributed by atoms with Crippen LogP contribution in [0, 0.1) is 13.8 Å². The summed E-state index contributed by atoms with van der Waals surface area (Å²) in [7, 11) is 0. The molecule has 0 bridgehead atoms. The molecule has 1 aliphatic rings. The summed E-state index contributed by atoms with van der Waals surface area (Å²) < 4.78 is 16.6. The minimum Gasteiger partial charge on any atom is -0.379 e. The Balaban J connectivity index is 1.64. The summed E-state index contributed by atoms with van der Waals surface area (Å²) in [5.41, 5.74) is 1.61. The Bertz CT molecular complexity index is 778. The molecule has 0 radical (unpaired) electrons. The number of ether oxygens (including phenoxy) is 2. The molecule has 2 N–H and O–H groups in total. The van der Waals surface area contributed by atoms with Crippen LogP contribution in [0.2, 0.25) is 0 Å². The van der Waals surface area contributed by atoms with Crippen LogP contribution < -0.4 is 10.9 Å². The Morgan fingerprint density at radius 1 is 1.44 bits per heavy atom. The van der Waals surface area contributed by atoms with Crippen LogP contribution in [0.15, 0.2) is 27.5 Å². The average molecular weight is 347 g/mol. The summed E-state index contributed by atoms with van der Waals surface area (Å²) in [6.45, 7) is 4.96. The second-order valence-electron chi connectivity index (χ2n) is 6.02. The summed E-state index contributed by atoms with van der Waals surface area (Å²) in [5.74, 6) is 0.382. The van der Waals surface area contributed by atoms with E-state index in [1.54, 1.807) is 12.1 Å². The molecule has 8 nitrogen and oxygen atoms in total. The number of nitrogens with zero attached hydrogens (tertiary/aromatic N) is 1. The summed E-state index contributed by atoms with van der Waals surface area (Å²) in [4.78, 5) is 26.2. The molecule has 1 aliphatic heterocycles. The molecule has 0 aromatic carbocycles. The first kappa shape index (κ1) is 17.4. The number of aromatic nitrogens is 2. The third kappa shape index (κ3) is 4.15. The lowest BCUT2D eigenvalue weighted by molar-refractivity contribution is -0.0739. The average Bonchev–Trinajstić information content (AvgIpc) is 2.92. The van der Waals surface area contributed by atoms with Crippen LogP contribution in [0.5, 0.6) is 0 Å². The van der Waals surface area contributed by atoms with Gasteiger partial charge in [-0.15, -0.1) is 0 Å². The maximum absolute atomic E-state index is 12.3. The zero-order valence-electron chi connectivity index (χ0n) is 14.2. The second kappa shape index (κ2) is 7.62. The van der Waals surface area contributed by atoms with Gasteiger partial charge in [0.1, 0.15) is 17.6 Å². The van der Waals surface area contributed by atoms with Crippen molar-refractivity contribution in [3.8, 4) is 0 Å². The number of aromatic amines is 1. The Hall–Kier alpha value is -2.45. The fraction of sp³-hybridized carbons (Fsp3) is 0.471. The van der Waals surface area contributed by atoms with Crippen molar-refractivity contribution in [2.45, 2.75) is 39.0 Å². The SMILES string of the molecule is Cc1noc(C)c1CO[C@@H]1COCC[C@H]1NC(=O)c1cccc(=O)[nH]1. The molecular formula is C17H21N3O5. The molecule has 1 saturated heterocycles. The summed E-state index contributed by atoms with van der Waals surface area (Å²) in [6.07, 6.45) is 0.344. The number of carbonyl (C=O) groups excluding carboxylic acids is 1. The molecule has 0 aliphatic carbocycles. The smallest absolute Gasteiger partial charge is 0.268 e. The number of hydrogen-bond donors (Lipinski definition) is 2. The molecule has 3 rings (SSSR count). The van der Waals surface area contributed by atoms with Crippen molar-refractivity contribution in [3.63, 3.8) is 0 Å². The van der Waals surface area contributed by atoms with E-state index in [0.717, 1.165) is 17.0 Å². The second-order valence-corrected chi connectivity index (χ2v) is 6.02. The summed E-state index contributed by atoms with van der Waals surface area (Å²) in [5, 5.41) is 6.82. The van der Waals surface area contributed by atoms with E-state index in [9.17, 15) is 9.59 Å². The van der Waals surface area contributed by atoms with E-state index in [2.05, 4.69) is 15.5 Å². The van der Waals surface area contributed by atoms with Crippen molar-refractivity contribution in [2.24, 2.45) is 0 Å². The number of nitrogens with one attached hydrogen (secondary N) is 2. The van der Waals surface area contributed by atoms with Gasteiger partial charge in [-0.2, -0.15) is 0 Å². The van der Waals surface area contributed by atoms with Gasteiger partial charge in [-0.1, -0.05) is 11.2 Å². The van der Waals surface area contributed by atoms with Gasteiger partial charge in [0, 0.05) is 18.2 Å². The molecule has 2 atom stereocenters. The molecule has 25 heavy (non-hydrogen) atoms. The normalized spacial score (nSPS) is 20.4. The van der Waals surface area contributed by atoms with Crippen LogP contribution >= 0.6 is 0 Å². The molecule has 0 saturated carbocycles. The Morgan fingerprint density at radius 3 is 3.00 bits per heavy atom. The van der Waals surface area contributed by atoms with Gasteiger partial charge in [-0.25, -0.2) is 0 Å². The van der Waals surface area contributed by atoms with Crippen LogP contribution in [-0.4, -0.2) is 41.4 Å². The van der Waals surface area contributed by atoms with Gasteiger partial charge in [0.2, 0.25) is 5.56 Å². The highest BCUT2D eigenvalue weighted by atomic mass is 16.5. The topological polar surface area (TPSA) is 106 Å². The van der Waals surface area contributed by atoms with E-state index in [0.29, 0.717) is 26.2 Å². The van der Waals surface area contributed by atoms with E-state index in [1.165, 1.54) is 6.07 Å². The molecule has 2 aromatic rings. The first-order valence-corrected chi connectivity index (χ1v) is 8.16. The summed E-state index contributed by atoms with van der Waals surface area (Å²) in [6, 6.07) is 4.27. The first-order chi connectivity index (χ1) is 12.0. The fourth-order valence-corrected chi connectivity index (χ4v) is 2.77. The Kier molecular flexibility index (Phi) is 5.30. The third-order valence-corrected chi connectivity index (χ3v) is 4.26. The Morgan fingerprint density at radius 2 is 2.28 bits per heavy atom. The van der Waals surface area contributed by atoms with Crippen molar-refractivity contribution in [1.29, 1.82) is 0 Å². The number of H-pyrrole nitrogens is 1. The first-order valence-electron chi connectivity index (χ1n) is 8.16. The van der Waals surface area contributed by atoms with Crippen molar-refractivity contribution in [1.82, 2.24) is 15.5 Å². The van der Waals surface area contributed by atoms with E-state index < -0.39 is 0 Å². The standard InChI is InChI=1S/C17H21N3O5/c1-10-12(11(2)25-20-10)8-24-15-9-23-7-6-13(15)19-17(22)14-4-3-5-16(21)18-14/h3-5,13,15H,6-9H2,1-2H3,(H,18,21)(H,19,22)/t13-,15-/m1/s1. The highest BCUT2D eigenvalue weighted by molar-refractivity contribution is 5.92. The van der Waals surface area contributed by atoms with Gasteiger partial charge in [0.15, 0.2) is 0 Å². The number of pyridine rings is 1. The number of hydrogen-bond acceptors (Lipinski definition) is 6. The van der Waals surface area contributed by atoms with Gasteiger partial charge in [0.05, 0.1) is 24.9 Å². The molecule has 134 valence electrons. The van der Waals surface area contributed by atoms with Gasteiger partial charge >= 0.3 is 0 Å². The lowest BCUT2D eigenvalue weighted by Gasteiger charge is -2.32. The maximum atomic E-state index is 12.3. The van der Waals surface area contributed by atoms with Crippen molar-refractivity contribution in [3.05, 3.63) is 51.3 Å². The summed E-state index contributed by atoms with van der Waals surface area (Å²) >= 11 is 0. The molecule has 0 unspecified atom stereocenters. The molecule has 1 amide bonds. The lowest BCUT2D eigenvalue weighted by Crippen LogP contribution is -2.50. The number of rotatable bonds is 5. The van der Waals surface area contributed by atoms with Crippen LogP contribution in [0.4, 0.5) is 0 Å². The quantitative estimate of drug-likeness (QED) is 0.838. The van der Waals surface area contributed by atoms with Gasteiger partial charge in [0.25, 0.3) is 5.91 Å². The molecular weight excluding hydrogens is 326 g/mol. The van der Waals surface area contributed by atoms with Crippen LogP contribution in [-0.2, 0) is 16.1 Å². The minimum absolute atomic E-state index is 0.203. The van der Waals surface area contributed by atoms with Crippen LogP contribution in [0.3, 0.4) is 0 Å². The molecule has 0 spiro atoms. The van der Waals surface area contributed by atoms with Crippen molar-refractivity contribution in [2.75, 3.05) is 13.2 Å². The Labute approximate surface area is 144 Å². The maximum Gasteiger partial charge on any atom is 0.268 e. The highest BCUT2D eigenvalue weighted by Crippen LogP contribution is 2.18. The zero-order chi connectivity index (χ0) is 17.8.